The third-order valence-corrected chi connectivity index (χ3v) is 5.71. The van der Waals surface area contributed by atoms with Gasteiger partial charge in [-0.3, -0.25) is 4.98 Å². The zero-order chi connectivity index (χ0) is 19.7. The Balaban J connectivity index is 2.08. The lowest BCUT2D eigenvalue weighted by atomic mass is 9.90. The normalized spacial score (nSPS) is 15.1. The number of fused-ring (bicyclic) bond motifs is 1. The number of carbonyl (C=O) groups is 1. The van der Waals surface area contributed by atoms with Crippen LogP contribution in [0.15, 0.2) is 35.2 Å². The smallest absolute Gasteiger partial charge is 0.328 e. The van der Waals surface area contributed by atoms with E-state index >= 15 is 0 Å². The first-order valence-electron chi connectivity index (χ1n) is 9.49. The third-order valence-electron chi connectivity index (χ3n) is 5.28. The molecule has 7 heteroatoms. The van der Waals surface area contributed by atoms with Gasteiger partial charge in [0.1, 0.15) is 0 Å². The summed E-state index contributed by atoms with van der Waals surface area (Å²) in [5, 5.41) is 14.7. The van der Waals surface area contributed by atoms with Gasteiger partial charge in [0.15, 0.2) is 5.65 Å². The van der Waals surface area contributed by atoms with Gasteiger partial charge in [0, 0.05) is 57.5 Å². The van der Waals surface area contributed by atoms with E-state index in [9.17, 15) is 9.90 Å². The molecule has 1 saturated carbocycles. The van der Waals surface area contributed by atoms with Crippen LogP contribution in [0.25, 0.3) is 28.2 Å². The van der Waals surface area contributed by atoms with Crippen molar-refractivity contribution in [3.05, 3.63) is 46.5 Å². The first kappa shape index (κ1) is 18.8. The molecule has 0 spiro atoms. The van der Waals surface area contributed by atoms with Gasteiger partial charge >= 0.3 is 5.97 Å². The van der Waals surface area contributed by atoms with Crippen molar-refractivity contribution in [1.29, 1.82) is 0 Å². The molecule has 3 heterocycles. The number of nitrogens with zero attached hydrogens (tertiary/aromatic N) is 4. The molecule has 0 unspecified atom stereocenters. The van der Waals surface area contributed by atoms with Crippen molar-refractivity contribution in [2.24, 2.45) is 0 Å². The fourth-order valence-corrected chi connectivity index (χ4v) is 4.41. The topological polar surface area (TPSA) is 80.9 Å². The monoisotopic (exact) mass is 440 g/mol. The zero-order valence-electron chi connectivity index (χ0n) is 15.6. The first-order chi connectivity index (χ1) is 13.6. The molecule has 1 aliphatic rings. The Kier molecular flexibility index (Phi) is 5.26. The highest BCUT2D eigenvalue weighted by Crippen LogP contribution is 2.41. The fraction of sp³-hybridized carbons (Fsp3) is 0.333. The number of aryl methyl sites for hydroxylation is 1. The number of hydrogen-bond acceptors (Lipinski definition) is 4. The summed E-state index contributed by atoms with van der Waals surface area (Å²) in [6.45, 7) is 2.77. The Morgan fingerprint density at radius 2 is 2.11 bits per heavy atom. The molecule has 6 nitrogen and oxygen atoms in total. The molecule has 1 aliphatic carbocycles. The Morgan fingerprint density at radius 1 is 1.32 bits per heavy atom. The number of hydrogen-bond donors (Lipinski definition) is 1. The predicted octanol–water partition coefficient (Wildman–Crippen LogP) is 5.03. The fourth-order valence-electron chi connectivity index (χ4n) is 4.05. The van der Waals surface area contributed by atoms with E-state index in [1.807, 2.05) is 23.9 Å². The van der Waals surface area contributed by atoms with Gasteiger partial charge in [-0.15, -0.1) is 0 Å². The number of rotatable bonds is 5. The van der Waals surface area contributed by atoms with Gasteiger partial charge in [-0.05, 0) is 47.8 Å². The van der Waals surface area contributed by atoms with Crippen molar-refractivity contribution >= 4 is 39.0 Å². The van der Waals surface area contributed by atoms with Crippen molar-refractivity contribution in [3.8, 4) is 11.1 Å². The van der Waals surface area contributed by atoms with Crippen LogP contribution in [0.2, 0.25) is 0 Å². The standard InChI is InChI=1S/C21H21BrN4O2/c1-2-26-21-17(12-24-26)19(14-9-15(22)11-23-10-14)16(7-8-18(27)28)20(25-21)13-5-3-4-6-13/h7-13H,2-6H2,1H3,(H,27,28). The summed E-state index contributed by atoms with van der Waals surface area (Å²) < 4.78 is 2.77. The molecule has 0 atom stereocenters. The summed E-state index contributed by atoms with van der Waals surface area (Å²) in [6, 6.07) is 2.00. The second-order valence-electron chi connectivity index (χ2n) is 7.03. The summed E-state index contributed by atoms with van der Waals surface area (Å²) in [4.78, 5) is 20.6. The third kappa shape index (κ3) is 3.46. The van der Waals surface area contributed by atoms with Crippen LogP contribution in [0.3, 0.4) is 0 Å². The minimum Gasteiger partial charge on any atom is -0.478 e. The summed E-state index contributed by atoms with van der Waals surface area (Å²) in [7, 11) is 0. The molecule has 3 aromatic rings. The number of pyridine rings is 2. The van der Waals surface area contributed by atoms with E-state index in [0.29, 0.717) is 5.92 Å². The van der Waals surface area contributed by atoms with E-state index in [2.05, 4.69) is 26.0 Å². The van der Waals surface area contributed by atoms with Crippen molar-refractivity contribution in [2.45, 2.75) is 45.1 Å². The molecule has 28 heavy (non-hydrogen) atoms. The maximum atomic E-state index is 11.3. The van der Waals surface area contributed by atoms with Gasteiger partial charge in [-0.1, -0.05) is 12.8 Å². The van der Waals surface area contributed by atoms with E-state index in [-0.39, 0.29) is 0 Å². The lowest BCUT2D eigenvalue weighted by Crippen LogP contribution is -2.06. The number of aromatic nitrogens is 4. The molecular formula is C21H21BrN4O2. The summed E-state index contributed by atoms with van der Waals surface area (Å²) in [5.74, 6) is -0.642. The molecule has 1 fully saturated rings. The van der Waals surface area contributed by atoms with Gasteiger partial charge in [-0.25, -0.2) is 14.5 Å². The van der Waals surface area contributed by atoms with Gasteiger partial charge in [-0.2, -0.15) is 5.10 Å². The maximum absolute atomic E-state index is 11.3. The van der Waals surface area contributed by atoms with Crippen molar-refractivity contribution < 1.29 is 9.90 Å². The second-order valence-corrected chi connectivity index (χ2v) is 7.94. The molecule has 0 amide bonds. The lowest BCUT2D eigenvalue weighted by molar-refractivity contribution is -0.131. The van der Waals surface area contributed by atoms with Crippen LogP contribution in [-0.4, -0.2) is 30.8 Å². The average Bonchev–Trinajstić information content (AvgIpc) is 3.34. The van der Waals surface area contributed by atoms with E-state index in [1.165, 1.54) is 18.9 Å². The van der Waals surface area contributed by atoms with Crippen LogP contribution in [-0.2, 0) is 11.3 Å². The number of halogens is 1. The molecule has 144 valence electrons. The van der Waals surface area contributed by atoms with Gasteiger partial charge in [0.05, 0.1) is 11.9 Å². The Bertz CT molecular complexity index is 1070. The van der Waals surface area contributed by atoms with Gasteiger partial charge in [0.2, 0.25) is 0 Å². The van der Waals surface area contributed by atoms with Crippen molar-refractivity contribution in [3.63, 3.8) is 0 Å². The second kappa shape index (κ2) is 7.83. The average molecular weight is 441 g/mol. The Morgan fingerprint density at radius 3 is 2.79 bits per heavy atom. The van der Waals surface area contributed by atoms with Crippen LogP contribution in [0.4, 0.5) is 0 Å². The Hall–Kier alpha value is -2.54. The molecule has 0 saturated heterocycles. The predicted molar refractivity (Wildman–Crippen MR) is 112 cm³/mol. The molecule has 0 aromatic carbocycles. The minimum absolute atomic E-state index is 0.330. The molecule has 0 radical (unpaired) electrons. The van der Waals surface area contributed by atoms with Crippen molar-refractivity contribution in [1.82, 2.24) is 19.7 Å². The number of carboxylic acid groups (broad SMARTS) is 1. The summed E-state index contributed by atoms with van der Waals surface area (Å²) in [5.41, 5.74) is 4.52. The van der Waals surface area contributed by atoms with E-state index in [1.54, 1.807) is 18.5 Å². The van der Waals surface area contributed by atoms with E-state index < -0.39 is 5.97 Å². The highest BCUT2D eigenvalue weighted by molar-refractivity contribution is 9.10. The van der Waals surface area contributed by atoms with Crippen LogP contribution < -0.4 is 0 Å². The summed E-state index contributed by atoms with van der Waals surface area (Å²) >= 11 is 3.50. The molecule has 1 N–H and O–H groups in total. The summed E-state index contributed by atoms with van der Waals surface area (Å²) in [6.07, 6.45) is 12.7. The van der Waals surface area contributed by atoms with Gasteiger partial charge in [0.25, 0.3) is 0 Å². The molecule has 4 rings (SSSR count). The number of aliphatic carboxylic acids is 1. The van der Waals surface area contributed by atoms with Gasteiger partial charge < -0.3 is 5.11 Å². The van der Waals surface area contributed by atoms with E-state index in [0.717, 1.165) is 57.3 Å². The van der Waals surface area contributed by atoms with Crippen molar-refractivity contribution in [2.75, 3.05) is 0 Å². The molecule has 3 aromatic heterocycles. The highest BCUT2D eigenvalue weighted by Gasteiger charge is 2.26. The molecule has 0 bridgehead atoms. The SMILES string of the molecule is CCn1ncc2c(-c3cncc(Br)c3)c(C=CC(=O)O)c(C3CCCC3)nc21. The quantitative estimate of drug-likeness (QED) is 0.562. The van der Waals surface area contributed by atoms with Crippen LogP contribution >= 0.6 is 15.9 Å². The highest BCUT2D eigenvalue weighted by atomic mass is 79.9. The Labute approximate surface area is 171 Å². The van der Waals surface area contributed by atoms with E-state index in [4.69, 9.17) is 4.98 Å². The lowest BCUT2D eigenvalue weighted by Gasteiger charge is -2.18. The number of carboxylic acids is 1. The van der Waals surface area contributed by atoms with Crippen LogP contribution in [0.1, 0.15) is 49.8 Å². The molecular weight excluding hydrogens is 420 g/mol. The first-order valence-corrected chi connectivity index (χ1v) is 10.3. The largest absolute Gasteiger partial charge is 0.478 e. The van der Waals surface area contributed by atoms with Crippen LogP contribution in [0, 0.1) is 0 Å². The zero-order valence-corrected chi connectivity index (χ0v) is 17.2. The molecule has 0 aliphatic heterocycles. The minimum atomic E-state index is -0.972. The maximum Gasteiger partial charge on any atom is 0.328 e. The van der Waals surface area contributed by atoms with Crippen LogP contribution in [0.5, 0.6) is 0 Å².